The molecule has 0 radical (unpaired) electrons. The number of amides is 3. The lowest BCUT2D eigenvalue weighted by molar-refractivity contribution is -0.128. The van der Waals surface area contributed by atoms with E-state index >= 15 is 0 Å². The molecule has 3 amide bonds. The summed E-state index contributed by atoms with van der Waals surface area (Å²) in [6.07, 6.45) is 3.12. The molecule has 5 rings (SSSR count). The van der Waals surface area contributed by atoms with Crippen LogP contribution >= 0.6 is 0 Å². The second kappa shape index (κ2) is 11.0. The Balaban J connectivity index is 1.64. The molecule has 39 heavy (non-hydrogen) atoms. The highest BCUT2D eigenvalue weighted by Gasteiger charge is 2.37. The standard InChI is InChI=1S/C31H31N5O3/c1-20-12-13-22-8-4-5-9-24(22)25(20)18-35-27-10-6-7-11-28(27)36(30(38)23-14-16-33-17-15-23)19-26(31(35)39)34-29(37)21(2)32-3/h4-17,21,26,32H,18-19H2,1-3H3,(H,34,37)/t21-,26-/m0/s1. The summed E-state index contributed by atoms with van der Waals surface area (Å²) in [5, 5.41) is 7.95. The van der Waals surface area contributed by atoms with Crippen LogP contribution in [0.15, 0.2) is 85.2 Å². The van der Waals surface area contributed by atoms with E-state index in [1.165, 1.54) is 0 Å². The van der Waals surface area contributed by atoms with Gasteiger partial charge < -0.3 is 20.4 Å². The Labute approximate surface area is 227 Å². The van der Waals surface area contributed by atoms with E-state index in [2.05, 4.69) is 33.8 Å². The van der Waals surface area contributed by atoms with Gasteiger partial charge in [0.05, 0.1) is 30.5 Å². The molecule has 3 aromatic carbocycles. The van der Waals surface area contributed by atoms with E-state index in [1.54, 1.807) is 48.3 Å². The van der Waals surface area contributed by atoms with Crippen molar-refractivity contribution < 1.29 is 14.4 Å². The zero-order valence-electron chi connectivity index (χ0n) is 22.2. The minimum atomic E-state index is -0.957. The first-order chi connectivity index (χ1) is 18.9. The molecule has 8 heteroatoms. The van der Waals surface area contributed by atoms with Crippen LogP contribution in [0.5, 0.6) is 0 Å². The molecule has 1 aliphatic heterocycles. The summed E-state index contributed by atoms with van der Waals surface area (Å²) in [6.45, 7) is 4.03. The fourth-order valence-corrected chi connectivity index (χ4v) is 4.94. The average molecular weight is 522 g/mol. The van der Waals surface area contributed by atoms with E-state index in [4.69, 9.17) is 0 Å². The summed E-state index contributed by atoms with van der Waals surface area (Å²) in [5.74, 6) is -0.877. The number of pyridine rings is 1. The van der Waals surface area contributed by atoms with Gasteiger partial charge in [-0.2, -0.15) is 0 Å². The van der Waals surface area contributed by atoms with Gasteiger partial charge in [0.1, 0.15) is 6.04 Å². The number of nitrogens with one attached hydrogen (secondary N) is 2. The van der Waals surface area contributed by atoms with Crippen molar-refractivity contribution in [1.82, 2.24) is 15.6 Å². The van der Waals surface area contributed by atoms with Gasteiger partial charge in [-0.15, -0.1) is 0 Å². The molecule has 2 heterocycles. The molecule has 0 saturated heterocycles. The number of fused-ring (bicyclic) bond motifs is 2. The minimum absolute atomic E-state index is 0.00973. The molecule has 0 fully saturated rings. The first-order valence-corrected chi connectivity index (χ1v) is 13.0. The zero-order chi connectivity index (χ0) is 27.5. The molecular weight excluding hydrogens is 490 g/mol. The molecule has 2 atom stereocenters. The molecule has 0 bridgehead atoms. The van der Waals surface area contributed by atoms with Crippen LogP contribution < -0.4 is 20.4 Å². The summed E-state index contributed by atoms with van der Waals surface area (Å²) < 4.78 is 0. The molecule has 0 saturated carbocycles. The van der Waals surface area contributed by atoms with Gasteiger partial charge in [-0.3, -0.25) is 19.4 Å². The SMILES string of the molecule is CN[C@@H](C)C(=O)N[C@H]1CN(C(=O)c2ccncc2)c2ccccc2N(Cc2c(C)ccc3ccccc23)C1=O. The fourth-order valence-electron chi connectivity index (χ4n) is 4.94. The summed E-state index contributed by atoms with van der Waals surface area (Å²) in [4.78, 5) is 48.3. The first kappa shape index (κ1) is 26.1. The molecule has 0 spiro atoms. The number of hydrogen-bond acceptors (Lipinski definition) is 5. The maximum atomic E-state index is 14.3. The van der Waals surface area contributed by atoms with Crippen LogP contribution in [0.25, 0.3) is 10.8 Å². The Morgan fingerprint density at radius 3 is 2.41 bits per heavy atom. The summed E-state index contributed by atoms with van der Waals surface area (Å²) in [5.41, 5.74) is 3.72. The fraction of sp³-hybridized carbons (Fsp3) is 0.226. The molecule has 0 aliphatic carbocycles. The van der Waals surface area contributed by atoms with Gasteiger partial charge in [-0.05, 0) is 67.1 Å². The number of carbonyl (C=O) groups is 3. The molecular formula is C31H31N5O3. The highest BCUT2D eigenvalue weighted by atomic mass is 16.2. The summed E-state index contributed by atoms with van der Waals surface area (Å²) in [7, 11) is 1.68. The molecule has 8 nitrogen and oxygen atoms in total. The number of aryl methyl sites for hydroxylation is 1. The lowest BCUT2D eigenvalue weighted by atomic mass is 9.99. The van der Waals surface area contributed by atoms with Crippen molar-refractivity contribution >= 4 is 39.9 Å². The maximum Gasteiger partial charge on any atom is 0.258 e. The van der Waals surface area contributed by atoms with Gasteiger partial charge >= 0.3 is 0 Å². The van der Waals surface area contributed by atoms with Crippen molar-refractivity contribution in [2.75, 3.05) is 23.4 Å². The van der Waals surface area contributed by atoms with E-state index in [1.807, 2.05) is 49.4 Å². The lowest BCUT2D eigenvalue weighted by Gasteiger charge is -2.27. The van der Waals surface area contributed by atoms with Gasteiger partial charge in [-0.1, -0.05) is 48.5 Å². The van der Waals surface area contributed by atoms with Crippen molar-refractivity contribution in [2.45, 2.75) is 32.5 Å². The molecule has 0 unspecified atom stereocenters. The normalized spacial score (nSPS) is 16.0. The maximum absolute atomic E-state index is 14.3. The largest absolute Gasteiger partial charge is 0.341 e. The lowest BCUT2D eigenvalue weighted by Crippen LogP contribution is -2.55. The number of aromatic nitrogens is 1. The third-order valence-corrected chi connectivity index (χ3v) is 7.30. The van der Waals surface area contributed by atoms with Gasteiger partial charge in [0.2, 0.25) is 5.91 Å². The highest BCUT2D eigenvalue weighted by molar-refractivity contribution is 6.12. The van der Waals surface area contributed by atoms with E-state index in [-0.39, 0.29) is 30.8 Å². The number of anilines is 2. The van der Waals surface area contributed by atoms with Gasteiger partial charge in [0.15, 0.2) is 0 Å². The van der Waals surface area contributed by atoms with Crippen molar-refractivity contribution in [3.63, 3.8) is 0 Å². The number of nitrogens with zero attached hydrogens (tertiary/aromatic N) is 3. The third kappa shape index (κ3) is 5.11. The predicted molar refractivity (Wildman–Crippen MR) is 153 cm³/mol. The smallest absolute Gasteiger partial charge is 0.258 e. The van der Waals surface area contributed by atoms with Crippen molar-refractivity contribution in [3.05, 3.63) is 102 Å². The monoisotopic (exact) mass is 521 g/mol. The first-order valence-electron chi connectivity index (χ1n) is 13.0. The second-order valence-electron chi connectivity index (χ2n) is 9.72. The third-order valence-electron chi connectivity index (χ3n) is 7.30. The van der Waals surface area contributed by atoms with Crippen LogP contribution in [0.4, 0.5) is 11.4 Å². The minimum Gasteiger partial charge on any atom is -0.341 e. The average Bonchev–Trinajstić information content (AvgIpc) is 3.08. The molecule has 4 aromatic rings. The van der Waals surface area contributed by atoms with Crippen molar-refractivity contribution in [3.8, 4) is 0 Å². The van der Waals surface area contributed by atoms with Crippen LogP contribution in [-0.2, 0) is 16.1 Å². The summed E-state index contributed by atoms with van der Waals surface area (Å²) >= 11 is 0. The van der Waals surface area contributed by atoms with Gasteiger partial charge in [0, 0.05) is 18.0 Å². The Morgan fingerprint density at radius 2 is 1.67 bits per heavy atom. The topological polar surface area (TPSA) is 94.6 Å². The molecule has 198 valence electrons. The van der Waals surface area contributed by atoms with Crippen LogP contribution in [0.2, 0.25) is 0 Å². The molecule has 1 aromatic heterocycles. The van der Waals surface area contributed by atoms with Crippen LogP contribution in [0.1, 0.15) is 28.4 Å². The number of carbonyl (C=O) groups excluding carboxylic acids is 3. The van der Waals surface area contributed by atoms with Crippen LogP contribution in [0, 0.1) is 6.92 Å². The number of hydrogen-bond donors (Lipinski definition) is 2. The van der Waals surface area contributed by atoms with Crippen LogP contribution in [-0.4, -0.2) is 48.4 Å². The van der Waals surface area contributed by atoms with E-state index in [0.717, 1.165) is 21.9 Å². The number of rotatable bonds is 6. The molecule has 1 aliphatic rings. The van der Waals surface area contributed by atoms with E-state index in [9.17, 15) is 14.4 Å². The van der Waals surface area contributed by atoms with Gasteiger partial charge in [0.25, 0.3) is 11.8 Å². The van der Waals surface area contributed by atoms with Gasteiger partial charge in [-0.25, -0.2) is 0 Å². The second-order valence-corrected chi connectivity index (χ2v) is 9.72. The number of benzene rings is 3. The summed E-state index contributed by atoms with van der Waals surface area (Å²) in [6, 6.07) is 21.4. The Bertz CT molecular complexity index is 1540. The Hall–Kier alpha value is -4.56. The zero-order valence-corrected chi connectivity index (χ0v) is 22.2. The van der Waals surface area contributed by atoms with Crippen molar-refractivity contribution in [2.24, 2.45) is 0 Å². The predicted octanol–water partition coefficient (Wildman–Crippen LogP) is 3.83. The Kier molecular flexibility index (Phi) is 7.38. The van der Waals surface area contributed by atoms with E-state index < -0.39 is 12.1 Å². The number of likely N-dealkylation sites (N-methyl/N-ethyl adjacent to an activating group) is 1. The Morgan fingerprint density at radius 1 is 0.974 bits per heavy atom. The highest BCUT2D eigenvalue weighted by Crippen LogP contribution is 2.36. The van der Waals surface area contributed by atoms with Crippen LogP contribution in [0.3, 0.4) is 0 Å². The number of para-hydroxylation sites is 2. The van der Waals surface area contributed by atoms with E-state index in [0.29, 0.717) is 16.9 Å². The van der Waals surface area contributed by atoms with Crippen molar-refractivity contribution in [1.29, 1.82) is 0 Å². The molecule has 2 N–H and O–H groups in total. The quantitative estimate of drug-likeness (QED) is 0.402.